The molecule has 24 heavy (non-hydrogen) atoms. The lowest BCUT2D eigenvalue weighted by molar-refractivity contribution is -0.125. The summed E-state index contributed by atoms with van der Waals surface area (Å²) in [5.41, 5.74) is 1.60. The van der Waals surface area contributed by atoms with Crippen LogP contribution < -0.4 is 5.32 Å². The molecule has 2 amide bonds. The Kier molecular flexibility index (Phi) is 5.54. The van der Waals surface area contributed by atoms with Gasteiger partial charge < -0.3 is 0 Å². The van der Waals surface area contributed by atoms with Gasteiger partial charge >= 0.3 is 0 Å². The molecule has 3 rings (SSSR count). The van der Waals surface area contributed by atoms with Crippen molar-refractivity contribution in [3.8, 4) is 0 Å². The molecule has 1 aliphatic carbocycles. The molecule has 0 radical (unpaired) electrons. The first-order chi connectivity index (χ1) is 11.0. The van der Waals surface area contributed by atoms with E-state index < -0.39 is 20.5 Å². The quantitative estimate of drug-likeness (QED) is 0.269. The molecule has 0 saturated carbocycles. The standard InChI is InChI=1S/C14H4Br7NO2/c15-4-1-6(16)8(7(17)2-4)5-3-13(20)11(23)22-12(24)14(13,21)10(19)9(5)18/h1-3H,(H,22,23,24). The lowest BCUT2D eigenvalue weighted by Crippen LogP contribution is -2.48. The highest BCUT2D eigenvalue weighted by Crippen LogP contribution is 2.59. The van der Waals surface area contributed by atoms with E-state index in [1.165, 1.54) is 0 Å². The number of rotatable bonds is 1. The zero-order chi connectivity index (χ0) is 18.0. The topological polar surface area (TPSA) is 46.2 Å². The van der Waals surface area contributed by atoms with Crippen LogP contribution in [0.1, 0.15) is 5.56 Å². The average molecular weight is 778 g/mol. The van der Waals surface area contributed by atoms with E-state index in [1.807, 2.05) is 12.1 Å². The molecule has 1 aromatic carbocycles. The normalized spacial score (nSPS) is 29.5. The molecule has 1 aliphatic heterocycles. The molecular formula is C14H4Br7NO2. The second-order valence-electron chi connectivity index (χ2n) is 5.08. The molecule has 126 valence electrons. The van der Waals surface area contributed by atoms with Gasteiger partial charge in [0.05, 0.1) is 0 Å². The number of amides is 2. The summed E-state index contributed by atoms with van der Waals surface area (Å²) in [5, 5.41) is 2.37. The van der Waals surface area contributed by atoms with E-state index in [-0.39, 0.29) is 0 Å². The summed E-state index contributed by atoms with van der Waals surface area (Å²) < 4.78 is 1.24. The highest BCUT2D eigenvalue weighted by atomic mass is 79.9. The predicted octanol–water partition coefficient (Wildman–Crippen LogP) is 6.30. The van der Waals surface area contributed by atoms with E-state index >= 15 is 0 Å². The molecule has 0 bridgehead atoms. The number of imide groups is 1. The first-order valence-electron chi connectivity index (χ1n) is 6.21. The van der Waals surface area contributed by atoms with Crippen molar-refractivity contribution in [2.45, 2.75) is 8.65 Å². The van der Waals surface area contributed by atoms with E-state index in [0.29, 0.717) is 8.96 Å². The molecule has 2 aliphatic rings. The van der Waals surface area contributed by atoms with Crippen molar-refractivity contribution in [3.63, 3.8) is 0 Å². The van der Waals surface area contributed by atoms with Crippen molar-refractivity contribution < 1.29 is 9.59 Å². The van der Waals surface area contributed by atoms with Crippen LogP contribution in [0, 0.1) is 0 Å². The molecule has 1 fully saturated rings. The third-order valence-electron chi connectivity index (χ3n) is 3.72. The Bertz CT molecular complexity index is 855. The maximum absolute atomic E-state index is 12.5. The van der Waals surface area contributed by atoms with Crippen LogP contribution in [0.25, 0.3) is 5.57 Å². The minimum Gasteiger partial charge on any atom is -0.293 e. The zero-order valence-corrected chi connectivity index (χ0v) is 22.3. The molecular weight excluding hydrogens is 773 g/mol. The number of alkyl halides is 2. The van der Waals surface area contributed by atoms with Crippen molar-refractivity contribution in [3.05, 3.63) is 46.2 Å². The smallest absolute Gasteiger partial charge is 0.250 e. The predicted molar refractivity (Wildman–Crippen MR) is 119 cm³/mol. The van der Waals surface area contributed by atoms with Crippen LogP contribution in [0.5, 0.6) is 0 Å². The largest absolute Gasteiger partial charge is 0.293 e. The van der Waals surface area contributed by atoms with Gasteiger partial charge in [-0.25, -0.2) is 0 Å². The third-order valence-corrected chi connectivity index (χ3v) is 11.4. The number of carbonyl (C=O) groups is 2. The minimum absolute atomic E-state index is 0.428. The summed E-state index contributed by atoms with van der Waals surface area (Å²) in [4.78, 5) is 24.8. The summed E-state index contributed by atoms with van der Waals surface area (Å²) in [7, 11) is 0. The maximum atomic E-state index is 12.5. The number of benzene rings is 1. The maximum Gasteiger partial charge on any atom is 0.250 e. The monoisotopic (exact) mass is 770 g/mol. The van der Waals surface area contributed by atoms with E-state index in [2.05, 4.69) is 117 Å². The first-order valence-corrected chi connectivity index (χ1v) is 11.8. The van der Waals surface area contributed by atoms with Crippen molar-refractivity contribution >= 4 is 129 Å². The first kappa shape index (κ1) is 19.9. The summed E-state index contributed by atoms with van der Waals surface area (Å²) in [5.74, 6) is -0.861. The molecule has 3 nitrogen and oxygen atoms in total. The van der Waals surface area contributed by atoms with E-state index in [4.69, 9.17) is 0 Å². The molecule has 1 N–H and O–H groups in total. The number of hydrogen-bond donors (Lipinski definition) is 1. The molecule has 2 atom stereocenters. The fraction of sp³-hybridized carbons (Fsp3) is 0.143. The van der Waals surface area contributed by atoms with Crippen molar-refractivity contribution in [1.29, 1.82) is 0 Å². The van der Waals surface area contributed by atoms with Crippen LogP contribution in [0.2, 0.25) is 0 Å². The fourth-order valence-electron chi connectivity index (χ4n) is 2.54. The Labute approximate surface area is 196 Å². The number of allylic oxidation sites excluding steroid dienone is 2. The Hall–Kier alpha value is 1.20. The lowest BCUT2D eigenvalue weighted by atomic mass is 9.85. The molecule has 0 aromatic heterocycles. The molecule has 1 saturated heterocycles. The van der Waals surface area contributed by atoms with Gasteiger partial charge in [-0.15, -0.1) is 0 Å². The third kappa shape index (κ3) is 2.69. The fourth-order valence-corrected chi connectivity index (χ4v) is 8.37. The Morgan fingerprint density at radius 2 is 1.42 bits per heavy atom. The number of carbonyl (C=O) groups excluding carboxylic acids is 2. The van der Waals surface area contributed by atoms with Crippen LogP contribution in [0.15, 0.2) is 40.6 Å². The van der Waals surface area contributed by atoms with E-state index in [9.17, 15) is 9.59 Å². The van der Waals surface area contributed by atoms with Gasteiger partial charge in [-0.05, 0) is 39.7 Å². The molecule has 10 heteroatoms. The summed E-state index contributed by atoms with van der Waals surface area (Å²) in [6.07, 6.45) is 1.73. The van der Waals surface area contributed by atoms with Crippen LogP contribution in [0.4, 0.5) is 0 Å². The summed E-state index contributed by atoms with van der Waals surface area (Å²) in [6.45, 7) is 0. The van der Waals surface area contributed by atoms with Gasteiger partial charge in [0.25, 0.3) is 5.91 Å². The van der Waals surface area contributed by atoms with Gasteiger partial charge in [-0.3, -0.25) is 14.9 Å². The van der Waals surface area contributed by atoms with Crippen LogP contribution in [-0.2, 0) is 9.59 Å². The van der Waals surface area contributed by atoms with Gasteiger partial charge in [0.2, 0.25) is 5.91 Å². The zero-order valence-electron chi connectivity index (χ0n) is 11.2. The number of fused-ring (bicyclic) bond motifs is 1. The van der Waals surface area contributed by atoms with Gasteiger partial charge in [0.15, 0.2) is 8.65 Å². The number of halogens is 7. The SMILES string of the molecule is O=C1NC(=O)C2(Br)C(Br)=C(Br)C(c3c(Br)cc(Br)cc3Br)=CC12Br. The molecule has 0 spiro atoms. The van der Waals surface area contributed by atoms with E-state index in [1.54, 1.807) is 6.08 Å². The summed E-state index contributed by atoms with van der Waals surface area (Å²) >= 11 is 24.5. The highest BCUT2D eigenvalue weighted by Gasteiger charge is 2.67. The van der Waals surface area contributed by atoms with E-state index in [0.717, 1.165) is 24.6 Å². The van der Waals surface area contributed by atoms with Crippen molar-refractivity contribution in [2.24, 2.45) is 0 Å². The second-order valence-corrected chi connectivity index (χ2v) is 11.7. The van der Waals surface area contributed by atoms with Gasteiger partial charge in [-0.1, -0.05) is 95.6 Å². The highest BCUT2D eigenvalue weighted by molar-refractivity contribution is 9.16. The Morgan fingerprint density at radius 1 is 0.875 bits per heavy atom. The van der Waals surface area contributed by atoms with Gasteiger partial charge in [0.1, 0.15) is 0 Å². The van der Waals surface area contributed by atoms with Gasteiger partial charge in [-0.2, -0.15) is 0 Å². The lowest BCUT2D eigenvalue weighted by Gasteiger charge is -2.36. The second kappa shape index (κ2) is 6.67. The molecule has 1 aromatic rings. The van der Waals surface area contributed by atoms with Crippen molar-refractivity contribution in [1.82, 2.24) is 5.32 Å². The van der Waals surface area contributed by atoms with Crippen LogP contribution in [0.3, 0.4) is 0 Å². The van der Waals surface area contributed by atoms with Gasteiger partial charge in [0, 0.05) is 27.9 Å². The number of nitrogens with one attached hydrogen (secondary N) is 1. The van der Waals surface area contributed by atoms with Crippen molar-refractivity contribution in [2.75, 3.05) is 0 Å². The molecule has 1 heterocycles. The molecule has 2 unspecified atom stereocenters. The number of hydrogen-bond acceptors (Lipinski definition) is 2. The summed E-state index contributed by atoms with van der Waals surface area (Å²) in [6, 6.07) is 3.82. The van der Waals surface area contributed by atoms with Crippen LogP contribution >= 0.6 is 112 Å². The Morgan fingerprint density at radius 3 is 1.96 bits per heavy atom. The average Bonchev–Trinajstić information content (AvgIpc) is 2.65. The Balaban J connectivity index is 2.33. The van der Waals surface area contributed by atoms with Crippen LogP contribution in [-0.4, -0.2) is 20.5 Å². The minimum atomic E-state index is -1.26.